The van der Waals surface area contributed by atoms with Crippen molar-refractivity contribution in [2.24, 2.45) is 11.8 Å². The van der Waals surface area contributed by atoms with Crippen LogP contribution in [0.5, 0.6) is 0 Å². The van der Waals surface area contributed by atoms with Crippen LogP contribution in [0.1, 0.15) is 32.1 Å². The zero-order valence-electron chi connectivity index (χ0n) is 11.1. The first kappa shape index (κ1) is 13.6. The molecule has 0 spiro atoms. The number of carbonyl (C=O) groups is 2. The number of carboxylic acid groups (broad SMARTS) is 1. The molecule has 5 heteroatoms. The lowest BCUT2D eigenvalue weighted by Crippen LogP contribution is -2.35. The van der Waals surface area contributed by atoms with Gasteiger partial charge in [-0.15, -0.1) is 0 Å². The van der Waals surface area contributed by atoms with Crippen molar-refractivity contribution in [3.63, 3.8) is 0 Å². The predicted molar refractivity (Wildman–Crippen MR) is 71.9 cm³/mol. The second-order valence-electron chi connectivity index (χ2n) is 5.28. The maximum atomic E-state index is 12.3. The van der Waals surface area contributed by atoms with E-state index < -0.39 is 5.97 Å². The van der Waals surface area contributed by atoms with Gasteiger partial charge in [0, 0.05) is 31.8 Å². The Balaban J connectivity index is 1.87. The number of nitrogens with zero attached hydrogens (tertiary/aromatic N) is 1. The fourth-order valence-electron chi connectivity index (χ4n) is 2.79. The van der Waals surface area contributed by atoms with Crippen LogP contribution in [0.15, 0.2) is 18.5 Å². The quantitative estimate of drug-likeness (QED) is 0.876. The summed E-state index contributed by atoms with van der Waals surface area (Å²) in [6.45, 7) is 0. The molecular weight excluding hydrogens is 244 g/mol. The highest BCUT2D eigenvalue weighted by Crippen LogP contribution is 2.32. The van der Waals surface area contributed by atoms with Gasteiger partial charge in [-0.2, -0.15) is 0 Å². The number of rotatable bonds is 4. The number of aromatic amines is 1. The van der Waals surface area contributed by atoms with Crippen molar-refractivity contribution in [2.45, 2.75) is 32.1 Å². The Morgan fingerprint density at radius 1 is 1.37 bits per heavy atom. The van der Waals surface area contributed by atoms with Gasteiger partial charge < -0.3 is 15.0 Å². The normalized spacial score (nSPS) is 23.0. The van der Waals surface area contributed by atoms with E-state index in [-0.39, 0.29) is 24.2 Å². The van der Waals surface area contributed by atoms with Gasteiger partial charge in [0.1, 0.15) is 0 Å². The summed E-state index contributed by atoms with van der Waals surface area (Å²) in [4.78, 5) is 27.6. The van der Waals surface area contributed by atoms with Crippen molar-refractivity contribution in [3.05, 3.63) is 18.5 Å². The Morgan fingerprint density at radius 2 is 2.05 bits per heavy atom. The van der Waals surface area contributed by atoms with E-state index in [0.717, 1.165) is 31.4 Å². The molecular formula is C14H20N2O3. The first-order valence-electron chi connectivity index (χ1n) is 6.70. The molecule has 0 atom stereocenters. The van der Waals surface area contributed by atoms with Crippen molar-refractivity contribution >= 4 is 17.6 Å². The zero-order valence-corrected chi connectivity index (χ0v) is 11.1. The van der Waals surface area contributed by atoms with Crippen molar-refractivity contribution in [1.29, 1.82) is 0 Å². The van der Waals surface area contributed by atoms with E-state index in [9.17, 15) is 9.59 Å². The molecule has 2 N–H and O–H groups in total. The van der Waals surface area contributed by atoms with Gasteiger partial charge in [-0.1, -0.05) is 0 Å². The lowest BCUT2D eigenvalue weighted by Gasteiger charge is -2.29. The fraction of sp³-hybridized carbons (Fsp3) is 0.571. The summed E-state index contributed by atoms with van der Waals surface area (Å²) in [5.74, 6) is -0.336. The Kier molecular flexibility index (Phi) is 4.24. The number of carbonyl (C=O) groups excluding carboxylic acids is 1. The van der Waals surface area contributed by atoms with E-state index in [1.165, 1.54) is 0 Å². The molecule has 1 heterocycles. The summed E-state index contributed by atoms with van der Waals surface area (Å²) in [6.07, 6.45) is 7.09. The third-order valence-electron chi connectivity index (χ3n) is 3.96. The molecule has 2 rings (SSSR count). The lowest BCUT2D eigenvalue weighted by molar-refractivity contribution is -0.138. The largest absolute Gasteiger partial charge is 0.481 e. The van der Waals surface area contributed by atoms with E-state index >= 15 is 0 Å². The van der Waals surface area contributed by atoms with Crippen LogP contribution in [0, 0.1) is 11.8 Å². The van der Waals surface area contributed by atoms with Crippen LogP contribution >= 0.6 is 0 Å². The van der Waals surface area contributed by atoms with Gasteiger partial charge in [-0.25, -0.2) is 0 Å². The van der Waals surface area contributed by atoms with Crippen LogP contribution in [0.4, 0.5) is 5.69 Å². The van der Waals surface area contributed by atoms with Crippen LogP contribution in [0.25, 0.3) is 0 Å². The highest BCUT2D eigenvalue weighted by Gasteiger charge is 2.29. The summed E-state index contributed by atoms with van der Waals surface area (Å²) in [7, 11) is 1.79. The second kappa shape index (κ2) is 5.91. The van der Waals surface area contributed by atoms with Crippen molar-refractivity contribution in [1.82, 2.24) is 4.98 Å². The van der Waals surface area contributed by atoms with Gasteiger partial charge in [0.15, 0.2) is 0 Å². The SMILES string of the molecule is CN(C(=O)C1CCC(CC(=O)O)CC1)c1cc[nH]c1. The average molecular weight is 264 g/mol. The minimum atomic E-state index is -0.737. The molecule has 19 heavy (non-hydrogen) atoms. The first-order chi connectivity index (χ1) is 9.08. The summed E-state index contributed by atoms with van der Waals surface area (Å²) < 4.78 is 0. The Morgan fingerprint density at radius 3 is 2.58 bits per heavy atom. The highest BCUT2D eigenvalue weighted by molar-refractivity contribution is 5.94. The molecule has 5 nitrogen and oxygen atoms in total. The molecule has 0 aromatic carbocycles. The number of carboxylic acids is 1. The molecule has 1 amide bonds. The molecule has 0 saturated heterocycles. The van der Waals surface area contributed by atoms with Crippen molar-refractivity contribution in [3.8, 4) is 0 Å². The van der Waals surface area contributed by atoms with E-state index in [1.54, 1.807) is 24.3 Å². The molecule has 1 aliphatic rings. The minimum absolute atomic E-state index is 0.0324. The summed E-state index contributed by atoms with van der Waals surface area (Å²) in [5.41, 5.74) is 0.873. The lowest BCUT2D eigenvalue weighted by atomic mass is 9.80. The summed E-state index contributed by atoms with van der Waals surface area (Å²) in [5, 5.41) is 8.78. The monoisotopic (exact) mass is 264 g/mol. The van der Waals surface area contributed by atoms with Crippen LogP contribution in [-0.2, 0) is 9.59 Å². The standard InChI is InChI=1S/C14H20N2O3/c1-16(12-6-7-15-9-12)14(19)11-4-2-10(3-5-11)8-13(17)18/h6-7,9-11,15H,2-5,8H2,1H3,(H,17,18). The molecule has 1 saturated carbocycles. The molecule has 1 fully saturated rings. The van der Waals surface area contributed by atoms with Crippen LogP contribution in [0.3, 0.4) is 0 Å². The number of aromatic nitrogens is 1. The molecule has 0 radical (unpaired) electrons. The van der Waals surface area contributed by atoms with Gasteiger partial charge in [0.2, 0.25) is 5.91 Å². The van der Waals surface area contributed by atoms with Crippen LogP contribution < -0.4 is 4.90 Å². The Hall–Kier alpha value is -1.78. The average Bonchev–Trinajstić information content (AvgIpc) is 2.91. The topological polar surface area (TPSA) is 73.4 Å². The number of anilines is 1. The summed E-state index contributed by atoms with van der Waals surface area (Å²) in [6, 6.07) is 1.87. The molecule has 0 unspecified atom stereocenters. The fourth-order valence-corrected chi connectivity index (χ4v) is 2.79. The smallest absolute Gasteiger partial charge is 0.303 e. The first-order valence-corrected chi connectivity index (χ1v) is 6.70. The zero-order chi connectivity index (χ0) is 13.8. The third-order valence-corrected chi connectivity index (χ3v) is 3.96. The van der Waals surface area contributed by atoms with E-state index in [1.807, 2.05) is 6.07 Å². The minimum Gasteiger partial charge on any atom is -0.481 e. The van der Waals surface area contributed by atoms with Gasteiger partial charge in [-0.05, 0) is 37.7 Å². The number of H-pyrrole nitrogens is 1. The van der Waals surface area contributed by atoms with Gasteiger partial charge >= 0.3 is 5.97 Å². The van der Waals surface area contributed by atoms with Crippen molar-refractivity contribution < 1.29 is 14.7 Å². The van der Waals surface area contributed by atoms with E-state index in [4.69, 9.17) is 5.11 Å². The third kappa shape index (κ3) is 3.36. The Bertz CT molecular complexity index is 434. The predicted octanol–water partition coefficient (Wildman–Crippen LogP) is 2.26. The number of hydrogen-bond donors (Lipinski definition) is 2. The molecule has 1 aliphatic carbocycles. The van der Waals surface area contributed by atoms with E-state index in [2.05, 4.69) is 4.98 Å². The number of amides is 1. The number of hydrogen-bond acceptors (Lipinski definition) is 2. The maximum Gasteiger partial charge on any atom is 0.303 e. The van der Waals surface area contributed by atoms with Gasteiger partial charge in [0.05, 0.1) is 5.69 Å². The molecule has 104 valence electrons. The maximum absolute atomic E-state index is 12.3. The van der Waals surface area contributed by atoms with Gasteiger partial charge in [0.25, 0.3) is 0 Å². The van der Waals surface area contributed by atoms with Crippen LogP contribution in [-0.4, -0.2) is 29.0 Å². The Labute approximate surface area is 112 Å². The molecule has 0 bridgehead atoms. The molecule has 0 aliphatic heterocycles. The second-order valence-corrected chi connectivity index (χ2v) is 5.28. The van der Waals surface area contributed by atoms with Crippen LogP contribution in [0.2, 0.25) is 0 Å². The van der Waals surface area contributed by atoms with Crippen molar-refractivity contribution in [2.75, 3.05) is 11.9 Å². The number of aliphatic carboxylic acids is 1. The van der Waals surface area contributed by atoms with E-state index in [0.29, 0.717) is 0 Å². The molecule has 1 aromatic heterocycles. The van der Waals surface area contributed by atoms with Gasteiger partial charge in [-0.3, -0.25) is 9.59 Å². The highest BCUT2D eigenvalue weighted by atomic mass is 16.4. The number of nitrogens with one attached hydrogen (secondary N) is 1. The summed E-state index contributed by atoms with van der Waals surface area (Å²) >= 11 is 0. The molecule has 1 aromatic rings.